The molecule has 0 saturated carbocycles. The van der Waals surface area contributed by atoms with E-state index in [0.29, 0.717) is 11.7 Å². The normalized spacial score (nSPS) is 9.00. The zero-order valence-electron chi connectivity index (χ0n) is 6.32. The second-order valence-corrected chi connectivity index (χ2v) is 2.71. The van der Waals surface area contributed by atoms with Gasteiger partial charge in [-0.15, -0.1) is 6.58 Å². The van der Waals surface area contributed by atoms with Crippen LogP contribution in [0, 0.1) is 0 Å². The zero-order chi connectivity index (χ0) is 8.81. The van der Waals surface area contributed by atoms with Crippen molar-refractivity contribution in [3.8, 4) is 5.19 Å². The Morgan fingerprint density at radius 2 is 2.75 bits per heavy atom. The fourth-order valence-corrected chi connectivity index (χ4v) is 1.02. The number of thiazole rings is 1. The van der Waals surface area contributed by atoms with Crippen molar-refractivity contribution < 1.29 is 9.53 Å². The van der Waals surface area contributed by atoms with Gasteiger partial charge < -0.3 is 10.1 Å². The fourth-order valence-electron chi connectivity index (χ4n) is 0.532. The topological polar surface area (TPSA) is 51.2 Å². The van der Waals surface area contributed by atoms with E-state index in [4.69, 9.17) is 4.74 Å². The lowest BCUT2D eigenvalue weighted by molar-refractivity contribution is 0.201. The Labute approximate surface area is 73.9 Å². The highest BCUT2D eigenvalue weighted by Gasteiger charge is 2.03. The summed E-state index contributed by atoms with van der Waals surface area (Å²) in [6.45, 7) is 3.84. The van der Waals surface area contributed by atoms with Crippen molar-refractivity contribution in [1.82, 2.24) is 10.3 Å². The number of hydrogen-bond acceptors (Lipinski definition) is 4. The maximum absolute atomic E-state index is 10.9. The number of rotatable bonds is 3. The highest BCUT2D eigenvalue weighted by Crippen LogP contribution is 2.12. The van der Waals surface area contributed by atoms with Crippen LogP contribution >= 0.6 is 11.3 Å². The Bertz CT molecular complexity index is 258. The van der Waals surface area contributed by atoms with Gasteiger partial charge in [0.25, 0.3) is 5.19 Å². The van der Waals surface area contributed by atoms with Crippen LogP contribution in [-0.2, 0) is 0 Å². The summed E-state index contributed by atoms with van der Waals surface area (Å²) in [5.74, 6) is 0. The van der Waals surface area contributed by atoms with Gasteiger partial charge in [-0.2, -0.15) is 0 Å². The van der Waals surface area contributed by atoms with Crippen LogP contribution in [0.2, 0.25) is 0 Å². The molecule has 0 aliphatic heterocycles. The van der Waals surface area contributed by atoms with E-state index in [2.05, 4.69) is 16.9 Å². The molecular weight excluding hydrogens is 176 g/mol. The Morgan fingerprint density at radius 1 is 1.92 bits per heavy atom. The second kappa shape index (κ2) is 4.50. The number of carbonyl (C=O) groups is 1. The van der Waals surface area contributed by atoms with Gasteiger partial charge in [0.05, 0.1) is 0 Å². The molecule has 0 atom stereocenters. The second-order valence-electron chi connectivity index (χ2n) is 1.86. The van der Waals surface area contributed by atoms with Gasteiger partial charge in [0, 0.05) is 18.1 Å². The van der Waals surface area contributed by atoms with Crippen molar-refractivity contribution in [2.75, 3.05) is 6.54 Å². The molecule has 0 fully saturated rings. The summed E-state index contributed by atoms with van der Waals surface area (Å²) in [6.07, 6.45) is 2.63. The Hall–Kier alpha value is -1.36. The van der Waals surface area contributed by atoms with Gasteiger partial charge in [-0.25, -0.2) is 9.78 Å². The van der Waals surface area contributed by atoms with Crippen molar-refractivity contribution in [2.45, 2.75) is 0 Å². The third-order valence-electron chi connectivity index (χ3n) is 0.980. The van der Waals surface area contributed by atoms with Gasteiger partial charge in [-0.3, -0.25) is 0 Å². The van der Waals surface area contributed by atoms with Crippen molar-refractivity contribution in [3.63, 3.8) is 0 Å². The maximum atomic E-state index is 10.9. The molecule has 12 heavy (non-hydrogen) atoms. The average molecular weight is 184 g/mol. The SMILES string of the molecule is C=CCNC(=O)Oc1nccs1. The standard InChI is InChI=1S/C7H8N2O2S/c1-2-3-8-6(10)11-7-9-4-5-12-7/h2,4-5H,1,3H2,(H,8,10). The third kappa shape index (κ3) is 2.71. The monoisotopic (exact) mass is 184 g/mol. The van der Waals surface area contributed by atoms with E-state index in [1.807, 2.05) is 0 Å². The van der Waals surface area contributed by atoms with Gasteiger partial charge >= 0.3 is 6.09 Å². The predicted molar refractivity (Wildman–Crippen MR) is 46.3 cm³/mol. The molecule has 5 heteroatoms. The van der Waals surface area contributed by atoms with Crippen LogP contribution in [-0.4, -0.2) is 17.6 Å². The summed E-state index contributed by atoms with van der Waals surface area (Å²) in [4.78, 5) is 14.6. The van der Waals surface area contributed by atoms with E-state index in [0.717, 1.165) is 0 Å². The molecule has 0 bridgehead atoms. The van der Waals surface area contributed by atoms with Crippen LogP contribution < -0.4 is 10.1 Å². The molecule has 0 aliphatic carbocycles. The first-order valence-corrected chi connectivity index (χ1v) is 4.17. The van der Waals surface area contributed by atoms with Gasteiger partial charge in [-0.05, 0) is 0 Å². The van der Waals surface area contributed by atoms with Crippen LogP contribution in [0.3, 0.4) is 0 Å². The maximum Gasteiger partial charge on any atom is 0.414 e. The summed E-state index contributed by atoms with van der Waals surface area (Å²) < 4.78 is 4.77. The molecule has 0 spiro atoms. The van der Waals surface area contributed by atoms with E-state index in [9.17, 15) is 4.79 Å². The molecule has 4 nitrogen and oxygen atoms in total. The highest BCUT2D eigenvalue weighted by molar-refractivity contribution is 7.11. The summed E-state index contributed by atoms with van der Waals surface area (Å²) in [6, 6.07) is 0. The molecule has 0 saturated heterocycles. The van der Waals surface area contributed by atoms with E-state index in [-0.39, 0.29) is 0 Å². The molecule has 64 valence electrons. The third-order valence-corrected chi connectivity index (χ3v) is 1.63. The van der Waals surface area contributed by atoms with E-state index < -0.39 is 6.09 Å². The van der Waals surface area contributed by atoms with E-state index in [1.54, 1.807) is 17.7 Å². The summed E-state index contributed by atoms with van der Waals surface area (Å²) in [7, 11) is 0. The lowest BCUT2D eigenvalue weighted by Crippen LogP contribution is -2.26. The number of ether oxygens (including phenoxy) is 1. The van der Waals surface area contributed by atoms with Crippen LogP contribution in [0.4, 0.5) is 4.79 Å². The molecule has 0 radical (unpaired) electrons. The van der Waals surface area contributed by atoms with Crippen molar-refractivity contribution in [2.24, 2.45) is 0 Å². The van der Waals surface area contributed by atoms with Crippen molar-refractivity contribution >= 4 is 17.4 Å². The molecule has 1 heterocycles. The molecule has 1 rings (SSSR count). The summed E-state index contributed by atoms with van der Waals surface area (Å²) in [5.41, 5.74) is 0. The van der Waals surface area contributed by atoms with Gasteiger partial charge in [0.15, 0.2) is 0 Å². The lowest BCUT2D eigenvalue weighted by Gasteiger charge is -1.99. The number of aromatic nitrogens is 1. The average Bonchev–Trinajstić information content (AvgIpc) is 2.53. The Kier molecular flexibility index (Phi) is 3.28. The first kappa shape index (κ1) is 8.73. The zero-order valence-corrected chi connectivity index (χ0v) is 7.13. The molecule has 1 aromatic heterocycles. The van der Waals surface area contributed by atoms with Crippen molar-refractivity contribution in [3.05, 3.63) is 24.2 Å². The summed E-state index contributed by atoms with van der Waals surface area (Å²) in [5, 5.41) is 4.53. The van der Waals surface area contributed by atoms with Crippen molar-refractivity contribution in [1.29, 1.82) is 0 Å². The van der Waals surface area contributed by atoms with Crippen LogP contribution in [0.5, 0.6) is 5.19 Å². The molecule has 1 aromatic rings. The highest BCUT2D eigenvalue weighted by atomic mass is 32.1. The number of nitrogens with zero attached hydrogens (tertiary/aromatic N) is 1. The van der Waals surface area contributed by atoms with Crippen LogP contribution in [0.15, 0.2) is 24.2 Å². The van der Waals surface area contributed by atoms with Gasteiger partial charge in [0.1, 0.15) is 0 Å². The Balaban J connectivity index is 2.32. The lowest BCUT2D eigenvalue weighted by atomic mass is 10.6. The number of carbonyl (C=O) groups excluding carboxylic acids is 1. The summed E-state index contributed by atoms with van der Waals surface area (Å²) >= 11 is 1.26. The first-order chi connectivity index (χ1) is 5.83. The molecule has 0 unspecified atom stereocenters. The number of hydrogen-bond donors (Lipinski definition) is 1. The van der Waals surface area contributed by atoms with Crippen LogP contribution in [0.25, 0.3) is 0 Å². The minimum Gasteiger partial charge on any atom is -0.381 e. The minimum atomic E-state index is -0.509. The minimum absolute atomic E-state index is 0.344. The molecule has 1 N–H and O–H groups in total. The largest absolute Gasteiger partial charge is 0.414 e. The quantitative estimate of drug-likeness (QED) is 0.723. The van der Waals surface area contributed by atoms with Gasteiger partial charge in [0.2, 0.25) is 0 Å². The first-order valence-electron chi connectivity index (χ1n) is 3.29. The Morgan fingerprint density at radius 3 is 3.33 bits per heavy atom. The van der Waals surface area contributed by atoms with E-state index >= 15 is 0 Å². The predicted octanol–water partition coefficient (Wildman–Crippen LogP) is 1.42. The smallest absolute Gasteiger partial charge is 0.381 e. The molecule has 0 aromatic carbocycles. The number of amides is 1. The number of nitrogens with one attached hydrogen (secondary N) is 1. The van der Waals surface area contributed by atoms with Crippen LogP contribution in [0.1, 0.15) is 0 Å². The fraction of sp³-hybridized carbons (Fsp3) is 0.143. The molecule has 1 amide bonds. The molecule has 0 aliphatic rings. The van der Waals surface area contributed by atoms with Gasteiger partial charge in [-0.1, -0.05) is 17.4 Å². The molecular formula is C7H8N2O2S. The van der Waals surface area contributed by atoms with E-state index in [1.165, 1.54) is 11.3 Å².